The van der Waals surface area contributed by atoms with E-state index in [4.69, 9.17) is 11.6 Å². The molecule has 2 aromatic carbocycles. The lowest BCUT2D eigenvalue weighted by Crippen LogP contribution is -2.37. The van der Waals surface area contributed by atoms with Gasteiger partial charge in [0.15, 0.2) is 0 Å². The first-order chi connectivity index (χ1) is 11.6. The largest absolute Gasteiger partial charge is 0.324 e. The third kappa shape index (κ3) is 5.21. The van der Waals surface area contributed by atoms with Gasteiger partial charge in [0.05, 0.1) is 11.9 Å². The van der Waals surface area contributed by atoms with Crippen LogP contribution in [0.3, 0.4) is 0 Å². The minimum absolute atomic E-state index is 0.311. The maximum absolute atomic E-state index is 12.4. The first-order valence-electron chi connectivity index (χ1n) is 7.68. The molecule has 5 nitrogen and oxygen atoms in total. The van der Waals surface area contributed by atoms with Crippen LogP contribution in [0.25, 0.3) is 0 Å². The lowest BCUT2D eigenvalue weighted by Gasteiger charge is -2.23. The van der Waals surface area contributed by atoms with Gasteiger partial charge in [-0.2, -0.15) is 0 Å². The van der Waals surface area contributed by atoms with Crippen molar-refractivity contribution in [1.82, 2.24) is 0 Å². The van der Waals surface area contributed by atoms with E-state index in [2.05, 4.69) is 5.32 Å². The van der Waals surface area contributed by atoms with E-state index in [1.807, 2.05) is 32.0 Å². The monoisotopic (exact) mass is 380 g/mol. The highest BCUT2D eigenvalue weighted by Gasteiger charge is 2.22. The molecule has 0 saturated heterocycles. The number of nitrogens with one attached hydrogen (secondary N) is 1. The summed E-state index contributed by atoms with van der Waals surface area (Å²) in [5.41, 5.74) is 3.79. The van der Waals surface area contributed by atoms with Crippen LogP contribution in [-0.2, 0) is 14.8 Å². The SMILES string of the molecule is Cc1cc(C)cc(NC(=O)CN(c2ccc(Cl)cc2C)S(C)(=O)=O)c1. The third-order valence-electron chi connectivity index (χ3n) is 3.62. The van der Waals surface area contributed by atoms with E-state index in [0.29, 0.717) is 22.0 Å². The third-order valence-corrected chi connectivity index (χ3v) is 4.98. The van der Waals surface area contributed by atoms with Gasteiger partial charge in [-0.15, -0.1) is 0 Å². The predicted octanol–water partition coefficient (Wildman–Crippen LogP) is 3.67. The van der Waals surface area contributed by atoms with Gasteiger partial charge in [-0.1, -0.05) is 17.7 Å². The van der Waals surface area contributed by atoms with Gasteiger partial charge in [-0.3, -0.25) is 9.10 Å². The molecule has 0 spiro atoms. The molecule has 0 aliphatic heterocycles. The van der Waals surface area contributed by atoms with Gasteiger partial charge in [0, 0.05) is 10.7 Å². The second-order valence-corrected chi connectivity index (χ2v) is 8.47. The van der Waals surface area contributed by atoms with Crippen molar-refractivity contribution in [3.63, 3.8) is 0 Å². The molecule has 2 aromatic rings. The van der Waals surface area contributed by atoms with Crippen LogP contribution < -0.4 is 9.62 Å². The van der Waals surface area contributed by atoms with Crippen molar-refractivity contribution in [2.75, 3.05) is 22.4 Å². The van der Waals surface area contributed by atoms with Crippen molar-refractivity contribution >= 4 is 38.9 Å². The maximum Gasteiger partial charge on any atom is 0.245 e. The highest BCUT2D eigenvalue weighted by atomic mass is 35.5. The number of amides is 1. The summed E-state index contributed by atoms with van der Waals surface area (Å²) in [6, 6.07) is 10.5. The molecule has 0 aliphatic rings. The Balaban J connectivity index is 2.27. The van der Waals surface area contributed by atoms with Crippen LogP contribution in [-0.4, -0.2) is 27.1 Å². The highest BCUT2D eigenvalue weighted by Crippen LogP contribution is 2.25. The number of aryl methyl sites for hydroxylation is 3. The number of halogens is 1. The average Bonchev–Trinajstić information content (AvgIpc) is 2.43. The Morgan fingerprint density at radius 1 is 1.08 bits per heavy atom. The summed E-state index contributed by atoms with van der Waals surface area (Å²) in [6.45, 7) is 5.31. The molecule has 1 amide bonds. The molecule has 0 unspecified atom stereocenters. The van der Waals surface area contributed by atoms with E-state index in [1.165, 1.54) is 0 Å². The molecule has 25 heavy (non-hydrogen) atoms. The van der Waals surface area contributed by atoms with E-state index in [1.54, 1.807) is 25.1 Å². The van der Waals surface area contributed by atoms with Crippen molar-refractivity contribution in [2.45, 2.75) is 20.8 Å². The molecule has 0 aliphatic carbocycles. The summed E-state index contributed by atoms with van der Waals surface area (Å²) < 4.78 is 25.4. The molecule has 0 saturated carbocycles. The van der Waals surface area contributed by atoms with Crippen molar-refractivity contribution in [3.05, 3.63) is 58.1 Å². The molecule has 0 bridgehead atoms. The van der Waals surface area contributed by atoms with Gasteiger partial charge < -0.3 is 5.32 Å². The van der Waals surface area contributed by atoms with Crippen molar-refractivity contribution in [2.24, 2.45) is 0 Å². The normalized spacial score (nSPS) is 11.2. The Kier molecular flexibility index (Phi) is 5.75. The minimum atomic E-state index is -3.63. The number of hydrogen-bond acceptors (Lipinski definition) is 3. The van der Waals surface area contributed by atoms with Gasteiger partial charge in [0.2, 0.25) is 15.9 Å². The first kappa shape index (κ1) is 19.3. The van der Waals surface area contributed by atoms with Crippen LogP contribution >= 0.6 is 11.6 Å². The Bertz CT molecular complexity index is 890. The Morgan fingerprint density at radius 2 is 1.68 bits per heavy atom. The smallest absolute Gasteiger partial charge is 0.245 e. The van der Waals surface area contributed by atoms with Crippen molar-refractivity contribution in [3.8, 4) is 0 Å². The van der Waals surface area contributed by atoms with Crippen LogP contribution in [0.15, 0.2) is 36.4 Å². The molecule has 0 heterocycles. The molecule has 0 fully saturated rings. The second-order valence-electron chi connectivity index (χ2n) is 6.13. The molecule has 1 N–H and O–H groups in total. The molecule has 134 valence electrons. The number of hydrogen-bond donors (Lipinski definition) is 1. The topological polar surface area (TPSA) is 66.5 Å². The zero-order valence-corrected chi connectivity index (χ0v) is 16.2. The first-order valence-corrected chi connectivity index (χ1v) is 9.91. The van der Waals surface area contributed by atoms with E-state index in [0.717, 1.165) is 21.7 Å². The van der Waals surface area contributed by atoms with Crippen LogP contribution in [0.4, 0.5) is 11.4 Å². The summed E-state index contributed by atoms with van der Waals surface area (Å²) in [6.07, 6.45) is 1.07. The second kappa shape index (κ2) is 7.45. The Labute approximate surface area is 153 Å². The molecule has 7 heteroatoms. The number of carbonyl (C=O) groups is 1. The lowest BCUT2D eigenvalue weighted by molar-refractivity contribution is -0.114. The summed E-state index contributed by atoms with van der Waals surface area (Å²) in [5.74, 6) is -0.412. The summed E-state index contributed by atoms with van der Waals surface area (Å²) >= 11 is 5.93. The summed E-state index contributed by atoms with van der Waals surface area (Å²) in [5, 5.41) is 3.26. The van der Waals surface area contributed by atoms with Gasteiger partial charge in [0.1, 0.15) is 6.54 Å². The van der Waals surface area contributed by atoms with Crippen molar-refractivity contribution in [1.29, 1.82) is 0 Å². The number of sulfonamides is 1. The molecular formula is C18H21ClN2O3S. The minimum Gasteiger partial charge on any atom is -0.324 e. The molecule has 0 aromatic heterocycles. The average molecular weight is 381 g/mol. The van der Waals surface area contributed by atoms with Crippen LogP contribution in [0, 0.1) is 20.8 Å². The van der Waals surface area contributed by atoms with Gasteiger partial charge >= 0.3 is 0 Å². The van der Waals surface area contributed by atoms with Crippen molar-refractivity contribution < 1.29 is 13.2 Å². The number of rotatable bonds is 5. The maximum atomic E-state index is 12.4. The van der Waals surface area contributed by atoms with E-state index in [-0.39, 0.29) is 6.54 Å². The highest BCUT2D eigenvalue weighted by molar-refractivity contribution is 7.92. The van der Waals surface area contributed by atoms with Gasteiger partial charge in [-0.05, 0) is 67.8 Å². The van der Waals surface area contributed by atoms with Crippen LogP contribution in [0.5, 0.6) is 0 Å². The quantitative estimate of drug-likeness (QED) is 0.860. The predicted molar refractivity (Wildman–Crippen MR) is 103 cm³/mol. The van der Waals surface area contributed by atoms with Crippen LogP contribution in [0.2, 0.25) is 5.02 Å². The number of anilines is 2. The lowest BCUT2D eigenvalue weighted by atomic mass is 10.1. The fourth-order valence-electron chi connectivity index (χ4n) is 2.66. The van der Waals surface area contributed by atoms with E-state index >= 15 is 0 Å². The molecule has 0 radical (unpaired) electrons. The summed E-state index contributed by atoms with van der Waals surface area (Å²) in [7, 11) is -3.63. The zero-order valence-electron chi connectivity index (χ0n) is 14.6. The number of benzene rings is 2. The van der Waals surface area contributed by atoms with Crippen LogP contribution in [0.1, 0.15) is 16.7 Å². The fraction of sp³-hybridized carbons (Fsp3) is 0.278. The Morgan fingerprint density at radius 3 is 2.20 bits per heavy atom. The standard InChI is InChI=1S/C18H21ClN2O3S/c1-12-7-13(2)9-16(8-12)20-18(22)11-21(25(4,23)24)17-6-5-15(19)10-14(17)3/h5-10H,11H2,1-4H3,(H,20,22). The van der Waals surface area contributed by atoms with E-state index < -0.39 is 15.9 Å². The number of carbonyl (C=O) groups excluding carboxylic acids is 1. The summed E-state index contributed by atoms with van der Waals surface area (Å²) in [4.78, 5) is 12.4. The van der Waals surface area contributed by atoms with Gasteiger partial charge in [-0.25, -0.2) is 8.42 Å². The molecule has 2 rings (SSSR count). The number of nitrogens with zero attached hydrogens (tertiary/aromatic N) is 1. The van der Waals surface area contributed by atoms with E-state index in [9.17, 15) is 13.2 Å². The molecular weight excluding hydrogens is 360 g/mol. The molecule has 0 atom stereocenters. The fourth-order valence-corrected chi connectivity index (χ4v) is 3.80. The van der Waals surface area contributed by atoms with Gasteiger partial charge in [0.25, 0.3) is 0 Å². The zero-order chi connectivity index (χ0) is 18.8. The Hall–Kier alpha value is -2.05.